The molecule has 3 amide bonds. The van der Waals surface area contributed by atoms with Gasteiger partial charge in [-0.1, -0.05) is 36.4 Å². The van der Waals surface area contributed by atoms with Gasteiger partial charge in [-0.25, -0.2) is 4.98 Å². The van der Waals surface area contributed by atoms with E-state index in [1.807, 2.05) is 80.1 Å². The van der Waals surface area contributed by atoms with Gasteiger partial charge in [-0.05, 0) is 56.0 Å². The van der Waals surface area contributed by atoms with E-state index in [9.17, 15) is 19.5 Å². The first-order chi connectivity index (χ1) is 23.9. The molecular weight excluding hydrogens is 616 g/mol. The SMILES string of the molecule is CC(=O)N1CCC(C(=O)N2CCC(N3CCN(C(=O)c4cc(-c5ccccc5)nc(-c5ccc6c(ccn6CCO)c5)c4)CC3)CC2)CC1. The Morgan fingerprint density at radius 2 is 1.41 bits per heavy atom. The number of piperazine rings is 1. The first-order valence-electron chi connectivity index (χ1n) is 17.7. The van der Waals surface area contributed by atoms with Crippen molar-refractivity contribution in [3.63, 3.8) is 0 Å². The lowest BCUT2D eigenvalue weighted by atomic mass is 9.93. The molecule has 0 radical (unpaired) electrons. The molecule has 49 heavy (non-hydrogen) atoms. The maximum atomic E-state index is 14.1. The minimum atomic E-state index is 0.0203. The molecule has 3 saturated heterocycles. The van der Waals surface area contributed by atoms with E-state index in [1.165, 1.54) is 0 Å². The van der Waals surface area contributed by atoms with E-state index in [-0.39, 0.29) is 30.2 Å². The minimum absolute atomic E-state index is 0.0203. The monoisotopic (exact) mass is 662 g/mol. The Morgan fingerprint density at radius 3 is 2.08 bits per heavy atom. The van der Waals surface area contributed by atoms with Crippen LogP contribution < -0.4 is 0 Å². The van der Waals surface area contributed by atoms with Gasteiger partial charge in [-0.15, -0.1) is 0 Å². The van der Waals surface area contributed by atoms with Gasteiger partial charge in [0, 0.05) is 112 Å². The number of carbonyl (C=O) groups is 3. The fraction of sp³-hybridized carbons (Fsp3) is 0.436. The van der Waals surface area contributed by atoms with Gasteiger partial charge in [-0.3, -0.25) is 19.3 Å². The smallest absolute Gasteiger partial charge is 0.254 e. The Balaban J connectivity index is 1.00. The first-order valence-corrected chi connectivity index (χ1v) is 17.7. The van der Waals surface area contributed by atoms with Crippen LogP contribution in [0.3, 0.4) is 0 Å². The number of aliphatic hydroxyl groups excluding tert-OH is 1. The number of hydrogen-bond acceptors (Lipinski definition) is 6. The molecule has 3 fully saturated rings. The lowest BCUT2D eigenvalue weighted by molar-refractivity contribution is -0.141. The summed E-state index contributed by atoms with van der Waals surface area (Å²) in [6.07, 6.45) is 5.41. The zero-order valence-corrected chi connectivity index (χ0v) is 28.3. The van der Waals surface area contributed by atoms with Crippen LogP contribution >= 0.6 is 0 Å². The molecular formula is C39H46N6O4. The Morgan fingerprint density at radius 1 is 0.735 bits per heavy atom. The first kappa shape index (κ1) is 33.0. The van der Waals surface area contributed by atoms with E-state index < -0.39 is 0 Å². The number of nitrogens with zero attached hydrogens (tertiary/aromatic N) is 6. The van der Waals surface area contributed by atoms with Gasteiger partial charge < -0.3 is 24.4 Å². The van der Waals surface area contributed by atoms with Crippen LogP contribution in [0.4, 0.5) is 0 Å². The zero-order valence-electron chi connectivity index (χ0n) is 28.3. The normalized spacial score (nSPS) is 18.3. The Hall–Kier alpha value is -4.54. The maximum absolute atomic E-state index is 14.1. The number of fused-ring (bicyclic) bond motifs is 1. The van der Waals surface area contributed by atoms with E-state index in [0.717, 1.165) is 85.3 Å². The molecule has 4 aromatic rings. The molecule has 0 spiro atoms. The van der Waals surface area contributed by atoms with E-state index in [0.29, 0.717) is 44.3 Å². The summed E-state index contributed by atoms with van der Waals surface area (Å²) < 4.78 is 2.03. The van der Waals surface area contributed by atoms with Crippen LogP contribution in [0, 0.1) is 5.92 Å². The summed E-state index contributed by atoms with van der Waals surface area (Å²) in [5.74, 6) is 0.395. The molecule has 3 aliphatic rings. The number of aliphatic hydroxyl groups is 1. The van der Waals surface area contributed by atoms with Crippen LogP contribution in [0.5, 0.6) is 0 Å². The highest BCUT2D eigenvalue weighted by Gasteiger charge is 2.34. The molecule has 256 valence electrons. The zero-order chi connectivity index (χ0) is 33.9. The standard InChI is InChI=1S/C39H46N6O4/c1-28(47)41-14-9-30(10-15-41)38(48)44-17-12-34(13-18-44)42-19-21-45(22-20-42)39(49)33-26-35(29-5-3-2-4-6-29)40-36(27-33)31-7-8-37-32(25-31)11-16-43(37)23-24-46/h2-8,11,16,25-27,30,34,46H,9-10,12-15,17-24H2,1H3. The maximum Gasteiger partial charge on any atom is 0.254 e. The summed E-state index contributed by atoms with van der Waals surface area (Å²) in [6, 6.07) is 22.5. The van der Waals surface area contributed by atoms with E-state index >= 15 is 0 Å². The molecule has 1 N–H and O–H groups in total. The molecule has 0 unspecified atom stereocenters. The number of hydrogen-bond donors (Lipinski definition) is 1. The lowest BCUT2D eigenvalue weighted by Crippen LogP contribution is -2.55. The van der Waals surface area contributed by atoms with Crippen molar-refractivity contribution < 1.29 is 19.5 Å². The second kappa shape index (κ2) is 14.5. The molecule has 5 heterocycles. The summed E-state index contributed by atoms with van der Waals surface area (Å²) in [7, 11) is 0. The molecule has 0 aliphatic carbocycles. The van der Waals surface area contributed by atoms with Crippen molar-refractivity contribution >= 4 is 28.6 Å². The van der Waals surface area contributed by atoms with Crippen molar-refractivity contribution in [1.82, 2.24) is 29.2 Å². The van der Waals surface area contributed by atoms with Gasteiger partial charge >= 0.3 is 0 Å². The summed E-state index contributed by atoms with van der Waals surface area (Å²) in [4.78, 5) is 52.3. The van der Waals surface area contributed by atoms with Crippen LogP contribution in [-0.2, 0) is 16.1 Å². The largest absolute Gasteiger partial charge is 0.395 e. The molecule has 0 bridgehead atoms. The molecule has 0 atom stereocenters. The van der Waals surface area contributed by atoms with Gasteiger partial charge in [0.2, 0.25) is 11.8 Å². The van der Waals surface area contributed by atoms with Gasteiger partial charge in [0.1, 0.15) is 0 Å². The van der Waals surface area contributed by atoms with Gasteiger partial charge in [0.25, 0.3) is 5.91 Å². The Kier molecular flexibility index (Phi) is 9.77. The highest BCUT2D eigenvalue weighted by atomic mass is 16.3. The number of aromatic nitrogens is 2. The Labute approximate surface area is 287 Å². The number of piperidine rings is 2. The van der Waals surface area contributed by atoms with Crippen LogP contribution in [0.15, 0.2) is 72.9 Å². The number of amides is 3. The summed E-state index contributed by atoms with van der Waals surface area (Å²) in [5, 5.41) is 10.5. The molecule has 0 saturated carbocycles. The van der Waals surface area contributed by atoms with E-state index in [4.69, 9.17) is 4.98 Å². The van der Waals surface area contributed by atoms with Crippen molar-refractivity contribution in [2.75, 3.05) is 59.0 Å². The third-order valence-corrected chi connectivity index (χ3v) is 10.7. The topological polar surface area (TPSA) is 102 Å². The lowest BCUT2D eigenvalue weighted by Gasteiger charge is -2.43. The summed E-state index contributed by atoms with van der Waals surface area (Å²) >= 11 is 0. The number of benzene rings is 2. The summed E-state index contributed by atoms with van der Waals surface area (Å²) in [6.45, 7) is 8.08. The van der Waals surface area contributed by atoms with Gasteiger partial charge in [-0.2, -0.15) is 0 Å². The van der Waals surface area contributed by atoms with Gasteiger partial charge in [0.15, 0.2) is 0 Å². The van der Waals surface area contributed by atoms with Crippen LogP contribution in [0.2, 0.25) is 0 Å². The fourth-order valence-electron chi connectivity index (χ4n) is 7.84. The fourth-order valence-corrected chi connectivity index (χ4v) is 7.84. The van der Waals surface area contributed by atoms with Crippen molar-refractivity contribution in [2.45, 2.75) is 45.2 Å². The van der Waals surface area contributed by atoms with Crippen LogP contribution in [0.1, 0.15) is 43.0 Å². The quantitative estimate of drug-likeness (QED) is 0.316. The second-order valence-electron chi connectivity index (χ2n) is 13.7. The number of carbonyl (C=O) groups excluding carboxylic acids is 3. The molecule has 7 rings (SSSR count). The van der Waals surface area contributed by atoms with Gasteiger partial charge in [0.05, 0.1) is 18.0 Å². The number of pyridine rings is 1. The van der Waals surface area contributed by atoms with Crippen LogP contribution in [-0.4, -0.2) is 117 Å². The average Bonchev–Trinajstić information content (AvgIpc) is 3.56. The second-order valence-corrected chi connectivity index (χ2v) is 13.7. The van der Waals surface area contributed by atoms with E-state index in [1.54, 1.807) is 6.92 Å². The predicted octanol–water partition coefficient (Wildman–Crippen LogP) is 4.37. The number of likely N-dealkylation sites (tertiary alicyclic amines) is 2. The molecule has 2 aromatic carbocycles. The molecule has 10 nitrogen and oxygen atoms in total. The molecule has 2 aromatic heterocycles. The van der Waals surface area contributed by atoms with Crippen molar-refractivity contribution in [2.24, 2.45) is 5.92 Å². The van der Waals surface area contributed by atoms with Crippen molar-refractivity contribution in [3.8, 4) is 22.5 Å². The minimum Gasteiger partial charge on any atom is -0.395 e. The van der Waals surface area contributed by atoms with Crippen molar-refractivity contribution in [1.29, 1.82) is 0 Å². The van der Waals surface area contributed by atoms with Crippen LogP contribution in [0.25, 0.3) is 33.4 Å². The van der Waals surface area contributed by atoms with E-state index in [2.05, 4.69) is 17.0 Å². The highest BCUT2D eigenvalue weighted by Crippen LogP contribution is 2.29. The number of rotatable bonds is 7. The average molecular weight is 663 g/mol. The van der Waals surface area contributed by atoms with Crippen molar-refractivity contribution in [3.05, 3.63) is 78.5 Å². The third kappa shape index (κ3) is 7.12. The third-order valence-electron chi connectivity index (χ3n) is 10.7. The highest BCUT2D eigenvalue weighted by molar-refractivity contribution is 5.97. The summed E-state index contributed by atoms with van der Waals surface area (Å²) in [5.41, 5.74) is 5.11. The Bertz CT molecular complexity index is 1800. The predicted molar refractivity (Wildman–Crippen MR) is 190 cm³/mol. The molecule has 10 heteroatoms. The molecule has 3 aliphatic heterocycles.